The van der Waals surface area contributed by atoms with Crippen LogP contribution in [0, 0.1) is 27.7 Å². The van der Waals surface area contributed by atoms with Gasteiger partial charge in [-0.3, -0.25) is 48.3 Å². The molecule has 7 aliphatic heterocycles. The van der Waals surface area contributed by atoms with E-state index < -0.39 is 6.17 Å². The highest BCUT2D eigenvalue weighted by atomic mass is 19.1. The molecule has 25 heterocycles. The lowest BCUT2D eigenvalue weighted by atomic mass is 9.88. The second-order valence-electron chi connectivity index (χ2n) is 37.2. The monoisotopic (exact) mass is 1900 g/mol. The number of alkyl halides is 1. The van der Waals surface area contributed by atoms with Crippen LogP contribution in [0.5, 0.6) is 0 Å². The summed E-state index contributed by atoms with van der Waals surface area (Å²) < 4.78 is 26.6. The summed E-state index contributed by atoms with van der Waals surface area (Å²) in [5, 5.41) is 52.0. The Morgan fingerprint density at radius 1 is 0.352 bits per heavy atom. The molecule has 39 nitrogen and oxygen atoms in total. The SMILES string of the molecule is Cc1c(-c2cc3cc(Nc4cc5n(n4)CC(=O)N(C)CC5)ncc3c(N)n2)cnc2c1NCCC2.Cc1c(-c2cc3cc(Nc4cc5n(n4)CC(=O)NCC5)ncc3c(N)n2)cnc2c1NCCC2.Cc1c(-c2cc3cc(Nc4cc5n(n4)Cc4nccn4CC5)ncc3c(N)n2)cnc2c1NCCC2.Cc1c(-c2cc3cc(Nc4cc5n(n4)Cc4nccn4CC5)ncc3c(N)n2)cnc2c1[C@@H](F)CCC2. The Hall–Kier alpha value is -17.2. The number of hydrogen-bond donors (Lipinski definition) is 12. The number of carbonyl (C=O) groups excluding carboxylic acids is 2. The highest BCUT2D eigenvalue weighted by Gasteiger charge is 2.30. The summed E-state index contributed by atoms with van der Waals surface area (Å²) in [4.78, 5) is 90.0. The number of anilines is 15. The molecule has 0 unspecified atom stereocenters. The zero-order valence-electron chi connectivity index (χ0n) is 79.1. The lowest BCUT2D eigenvalue weighted by Crippen LogP contribution is -2.29. The van der Waals surface area contributed by atoms with E-state index in [-0.39, 0.29) is 24.9 Å². The van der Waals surface area contributed by atoms with Gasteiger partial charge in [0.1, 0.15) is 77.5 Å². The molecule has 40 heteroatoms. The summed E-state index contributed by atoms with van der Waals surface area (Å²) in [6, 6.07) is 23.9. The molecule has 8 aliphatic rings. The number of fused-ring (bicyclic) bond motifs is 14. The van der Waals surface area contributed by atoms with Gasteiger partial charge in [0.2, 0.25) is 11.8 Å². The molecular formula is C102H104FN37O2. The maximum Gasteiger partial charge on any atom is 0.244 e. The van der Waals surface area contributed by atoms with Crippen LogP contribution < -0.4 is 65.5 Å². The van der Waals surface area contributed by atoms with Gasteiger partial charge in [0.05, 0.1) is 70.0 Å². The number of amides is 2. The Bertz CT molecular complexity index is 8080. The van der Waals surface area contributed by atoms with Gasteiger partial charge >= 0.3 is 0 Å². The molecule has 0 radical (unpaired) electrons. The molecule has 18 aromatic heterocycles. The van der Waals surface area contributed by atoms with Crippen LogP contribution in [0.2, 0.25) is 0 Å². The maximum absolute atomic E-state index is 14.8. The highest BCUT2D eigenvalue weighted by molar-refractivity contribution is 5.99. The van der Waals surface area contributed by atoms with E-state index >= 15 is 0 Å². The van der Waals surface area contributed by atoms with E-state index in [0.717, 1.165) is 295 Å². The van der Waals surface area contributed by atoms with Crippen molar-refractivity contribution in [1.82, 2.24) is 128 Å². The molecule has 716 valence electrons. The Labute approximate surface area is 813 Å². The maximum atomic E-state index is 14.8. The molecule has 0 saturated carbocycles. The number of imidazole rings is 2. The third-order valence-corrected chi connectivity index (χ3v) is 28.0. The average molecular weight is 1900 g/mol. The summed E-state index contributed by atoms with van der Waals surface area (Å²) in [7, 11) is 1.82. The molecule has 0 bridgehead atoms. The van der Waals surface area contributed by atoms with Crippen molar-refractivity contribution in [2.24, 2.45) is 0 Å². The molecule has 142 heavy (non-hydrogen) atoms. The quantitative estimate of drug-likeness (QED) is 0.0540. The third kappa shape index (κ3) is 17.5. The van der Waals surface area contributed by atoms with Crippen molar-refractivity contribution in [3.63, 3.8) is 0 Å². The summed E-state index contributed by atoms with van der Waals surface area (Å²) in [6.07, 6.45) is 32.8. The zero-order chi connectivity index (χ0) is 96.7. The van der Waals surface area contributed by atoms with Gasteiger partial charge in [0, 0.05) is 255 Å². The van der Waals surface area contributed by atoms with Gasteiger partial charge in [0.15, 0.2) is 23.3 Å². The smallest absolute Gasteiger partial charge is 0.244 e. The molecule has 18 aromatic rings. The van der Waals surface area contributed by atoms with Crippen molar-refractivity contribution in [1.29, 1.82) is 0 Å². The lowest BCUT2D eigenvalue weighted by Gasteiger charge is -2.22. The van der Waals surface area contributed by atoms with Crippen molar-refractivity contribution in [3.8, 4) is 45.0 Å². The van der Waals surface area contributed by atoms with Crippen LogP contribution in [0.25, 0.3) is 88.1 Å². The molecule has 1 atom stereocenters. The molecule has 0 fully saturated rings. The van der Waals surface area contributed by atoms with Gasteiger partial charge in [-0.05, 0) is 178 Å². The van der Waals surface area contributed by atoms with Crippen LogP contribution >= 0.6 is 0 Å². The van der Waals surface area contributed by atoms with Gasteiger partial charge in [-0.1, -0.05) is 0 Å². The zero-order valence-corrected chi connectivity index (χ0v) is 79.1. The topological polar surface area (TPSA) is 499 Å². The van der Waals surface area contributed by atoms with Crippen molar-refractivity contribution in [2.45, 2.75) is 157 Å². The van der Waals surface area contributed by atoms with Crippen molar-refractivity contribution >= 4 is 142 Å². The minimum Gasteiger partial charge on any atom is -0.383 e. The number of nitrogen functional groups attached to an aromatic ring is 4. The number of hydrogen-bond acceptors (Lipinski definition) is 31. The number of nitrogens with one attached hydrogen (secondary N) is 8. The van der Waals surface area contributed by atoms with Gasteiger partial charge in [-0.15, -0.1) is 0 Å². The minimum absolute atomic E-state index is 0.0325. The van der Waals surface area contributed by atoms with Crippen LogP contribution in [-0.4, -0.2) is 175 Å². The van der Waals surface area contributed by atoms with E-state index in [9.17, 15) is 14.0 Å². The van der Waals surface area contributed by atoms with Crippen LogP contribution in [0.1, 0.15) is 123 Å². The van der Waals surface area contributed by atoms with E-state index in [2.05, 4.69) is 166 Å². The van der Waals surface area contributed by atoms with Crippen LogP contribution in [0.4, 0.5) is 91.3 Å². The van der Waals surface area contributed by atoms with E-state index in [0.29, 0.717) is 102 Å². The van der Waals surface area contributed by atoms with E-state index in [1.165, 1.54) is 5.69 Å². The van der Waals surface area contributed by atoms with Crippen LogP contribution in [0.3, 0.4) is 0 Å². The predicted octanol–water partition coefficient (Wildman–Crippen LogP) is 13.8. The molecular weight excluding hydrogens is 1790 g/mol. The fraction of sp³-hybridized carbons (Fsp3) is 0.294. The van der Waals surface area contributed by atoms with E-state index in [1.807, 2.05) is 121 Å². The van der Waals surface area contributed by atoms with E-state index in [1.54, 1.807) is 45.2 Å². The van der Waals surface area contributed by atoms with Gasteiger partial charge in [0.25, 0.3) is 0 Å². The molecule has 0 aromatic carbocycles. The second-order valence-corrected chi connectivity index (χ2v) is 37.2. The normalized spacial score (nSPS) is 15.4. The fourth-order valence-electron chi connectivity index (χ4n) is 20.3. The third-order valence-electron chi connectivity index (χ3n) is 28.0. The molecule has 0 saturated heterocycles. The number of likely N-dealkylation sites (N-methyl/N-ethyl adjacent to an activating group) is 1. The van der Waals surface area contributed by atoms with E-state index in [4.69, 9.17) is 38.1 Å². The molecule has 2 amide bonds. The predicted molar refractivity (Wildman–Crippen MR) is 545 cm³/mol. The average Bonchev–Trinajstić information content (AvgIpc) is 1.03. The van der Waals surface area contributed by atoms with Crippen molar-refractivity contribution < 1.29 is 14.0 Å². The highest BCUT2D eigenvalue weighted by Crippen LogP contribution is 2.43. The Morgan fingerprint density at radius 2 is 0.697 bits per heavy atom. The van der Waals surface area contributed by atoms with Gasteiger partial charge in [-0.2, -0.15) is 20.4 Å². The lowest BCUT2D eigenvalue weighted by molar-refractivity contribution is -0.130. The first-order valence-corrected chi connectivity index (χ1v) is 48.1. The number of carbonyl (C=O) groups is 2. The molecule has 0 spiro atoms. The summed E-state index contributed by atoms with van der Waals surface area (Å²) in [5.41, 5.74) is 49.0. The molecule has 1 aliphatic carbocycles. The summed E-state index contributed by atoms with van der Waals surface area (Å²) >= 11 is 0. The number of aryl methyl sites for hydroxylation is 8. The number of pyridine rings is 12. The molecule has 16 N–H and O–H groups in total. The molecule has 26 rings (SSSR count). The first-order chi connectivity index (χ1) is 69.2. The number of aromatic nitrogens is 24. The number of nitrogens with zero attached hydrogens (tertiary/aromatic N) is 25. The van der Waals surface area contributed by atoms with Gasteiger partial charge in [-0.25, -0.2) is 54.2 Å². The summed E-state index contributed by atoms with van der Waals surface area (Å²) in [5.74, 6) is 9.18. The number of rotatable bonds is 12. The largest absolute Gasteiger partial charge is 0.383 e. The first kappa shape index (κ1) is 88.7. The Kier molecular flexibility index (Phi) is 23.1. The van der Waals surface area contributed by atoms with Crippen molar-refractivity contribution in [3.05, 3.63) is 232 Å². The Balaban J connectivity index is 0.000000105. The fourth-order valence-corrected chi connectivity index (χ4v) is 20.3. The van der Waals surface area contributed by atoms with Crippen LogP contribution in [0.15, 0.2) is 147 Å². The van der Waals surface area contributed by atoms with Crippen molar-refractivity contribution in [2.75, 3.05) is 99.9 Å². The number of halogens is 1. The van der Waals surface area contributed by atoms with Crippen LogP contribution in [-0.2, 0) is 100 Å². The van der Waals surface area contributed by atoms with Gasteiger partial charge < -0.3 is 79.5 Å². The summed E-state index contributed by atoms with van der Waals surface area (Å²) in [6.45, 7) is 16.0. The first-order valence-electron chi connectivity index (χ1n) is 48.1. The second kappa shape index (κ2) is 36.9. The Morgan fingerprint density at radius 3 is 1.09 bits per heavy atom. The minimum atomic E-state index is -0.987. The standard InChI is InChI=1S/C27H26FN9.C26H26N10.C25H27N9O.C24H25N9O/c1-15-18(12-31-21-4-2-3-20(28)26(15)21)22-9-16-10-23(32-13-19(16)27(29)33-22)34-24-11-17-5-7-36-8-6-30-25(36)14-37(17)35-24;1-15-18(12-30-20-3-2-5-29-25(15)20)21-9-16-10-22(31-13-19(16)26(27)32-21)33-23-11-17-4-7-35-8-6-28-24(35)14-36(17)34-23;1-14-17(11-28-19-4-3-6-27-24(14)19)20-8-15-9-21(29-12-18(15)25(26)30-20)31-22-10-16-5-7-33(2)23(35)13-34(16)32-22;1-13-16(10-28-18-3-2-5-27-23(13)18)19-7-14-8-20(29-11-17(14)24(25)30-19)31-21-9-15-4-6-26-22(34)12-33(15)32-21/h6,8-13,20H,2-5,7,14H2,1H3,(H2,29,33)(H,32,34,35);6,8-13,29H,2-5,7,14H2,1H3,(H2,27,32)(H,31,33,34);8-12,27H,3-7,13H2,1-2H3,(H2,26,30)(H,29,31,32);7-11,27H,2-6,12H2,1H3,(H2,25,30)(H,26,34)(H,29,31,32)/t20-;;;/m0.../s1. The number of nitrogens with two attached hydrogens (primary N) is 4.